The maximum Gasteiger partial charge on any atom is 0.171 e. The number of rotatable bonds is 5. The molecule has 0 amide bonds. The molecule has 0 saturated carbocycles. The lowest BCUT2D eigenvalue weighted by Gasteiger charge is -2.15. The quantitative estimate of drug-likeness (QED) is 0.686. The standard InChI is InChI=1S/C19H20N4OS/c1-14-20-10-11-23(14)18-9-4-3-6-15(18)13-21-19(25)22-16-7-5-8-17(12-16)24-2/h3-12H,13H2,1-2H3,(H2,21,22,25). The van der Waals surface area contributed by atoms with Gasteiger partial charge in [-0.1, -0.05) is 24.3 Å². The number of aryl methyl sites for hydroxylation is 1. The van der Waals surface area contributed by atoms with Gasteiger partial charge in [-0.3, -0.25) is 0 Å². The third-order valence-electron chi connectivity index (χ3n) is 3.84. The van der Waals surface area contributed by atoms with E-state index in [4.69, 9.17) is 17.0 Å². The predicted octanol–water partition coefficient (Wildman–Crippen LogP) is 3.68. The maximum atomic E-state index is 5.40. The molecule has 1 aromatic heterocycles. The van der Waals surface area contributed by atoms with Gasteiger partial charge in [0.1, 0.15) is 11.6 Å². The molecule has 5 nitrogen and oxygen atoms in total. The number of imidazole rings is 1. The fraction of sp³-hybridized carbons (Fsp3) is 0.158. The molecule has 25 heavy (non-hydrogen) atoms. The van der Waals surface area contributed by atoms with Gasteiger partial charge >= 0.3 is 0 Å². The smallest absolute Gasteiger partial charge is 0.171 e. The van der Waals surface area contributed by atoms with E-state index in [1.165, 1.54) is 0 Å². The van der Waals surface area contributed by atoms with Gasteiger partial charge in [-0.2, -0.15) is 0 Å². The molecule has 0 bridgehead atoms. The Balaban J connectivity index is 1.68. The fourth-order valence-electron chi connectivity index (χ4n) is 2.58. The Labute approximate surface area is 152 Å². The molecule has 0 aliphatic rings. The van der Waals surface area contributed by atoms with Crippen molar-refractivity contribution in [3.05, 3.63) is 72.3 Å². The second-order valence-corrected chi connectivity index (χ2v) is 5.92. The minimum absolute atomic E-state index is 0.561. The van der Waals surface area contributed by atoms with Crippen LogP contribution in [0.4, 0.5) is 5.69 Å². The number of ether oxygens (including phenoxy) is 1. The molecular weight excluding hydrogens is 332 g/mol. The summed E-state index contributed by atoms with van der Waals surface area (Å²) in [5.41, 5.74) is 3.11. The highest BCUT2D eigenvalue weighted by Crippen LogP contribution is 2.18. The number of nitrogens with one attached hydrogen (secondary N) is 2. The average Bonchev–Trinajstić information content (AvgIpc) is 3.06. The number of thiocarbonyl (C=S) groups is 1. The van der Waals surface area contributed by atoms with Crippen LogP contribution in [0.5, 0.6) is 5.75 Å². The molecule has 0 unspecified atom stereocenters. The summed E-state index contributed by atoms with van der Waals surface area (Å²) < 4.78 is 7.29. The molecule has 2 aromatic carbocycles. The third-order valence-corrected chi connectivity index (χ3v) is 4.09. The van der Waals surface area contributed by atoms with E-state index in [-0.39, 0.29) is 0 Å². The Morgan fingerprint density at radius 2 is 2.04 bits per heavy atom. The summed E-state index contributed by atoms with van der Waals surface area (Å²) in [5, 5.41) is 6.99. The monoisotopic (exact) mass is 352 g/mol. The van der Waals surface area contributed by atoms with Crippen molar-refractivity contribution in [2.24, 2.45) is 0 Å². The van der Waals surface area contributed by atoms with E-state index in [2.05, 4.69) is 32.3 Å². The summed E-state index contributed by atoms with van der Waals surface area (Å²) in [6.07, 6.45) is 3.76. The molecule has 6 heteroatoms. The van der Waals surface area contributed by atoms with Gasteiger partial charge in [-0.25, -0.2) is 4.98 Å². The number of nitrogens with zero attached hydrogens (tertiary/aromatic N) is 2. The minimum atomic E-state index is 0.561. The summed E-state index contributed by atoms with van der Waals surface area (Å²) in [6, 6.07) is 15.8. The van der Waals surface area contributed by atoms with Crippen molar-refractivity contribution >= 4 is 23.0 Å². The summed E-state index contributed by atoms with van der Waals surface area (Å²) in [6.45, 7) is 2.60. The molecule has 0 aliphatic carbocycles. The molecule has 3 aromatic rings. The summed E-state index contributed by atoms with van der Waals surface area (Å²) in [4.78, 5) is 4.29. The van der Waals surface area contributed by atoms with E-state index in [1.54, 1.807) is 13.3 Å². The predicted molar refractivity (Wildman–Crippen MR) is 104 cm³/mol. The van der Waals surface area contributed by atoms with Crippen LogP contribution in [0.15, 0.2) is 60.9 Å². The van der Waals surface area contributed by atoms with E-state index < -0.39 is 0 Å². The van der Waals surface area contributed by atoms with Crippen LogP contribution in [0, 0.1) is 6.92 Å². The van der Waals surface area contributed by atoms with Gasteiger partial charge in [-0.15, -0.1) is 0 Å². The van der Waals surface area contributed by atoms with Gasteiger partial charge in [0.05, 0.1) is 12.8 Å². The molecule has 0 radical (unpaired) electrons. The highest BCUT2D eigenvalue weighted by atomic mass is 32.1. The number of para-hydroxylation sites is 1. The Morgan fingerprint density at radius 3 is 2.80 bits per heavy atom. The number of aromatic nitrogens is 2. The number of hydrogen-bond acceptors (Lipinski definition) is 3. The van der Waals surface area contributed by atoms with Gasteiger partial charge in [0.15, 0.2) is 5.11 Å². The zero-order valence-electron chi connectivity index (χ0n) is 14.2. The van der Waals surface area contributed by atoms with Crippen molar-refractivity contribution < 1.29 is 4.74 Å². The van der Waals surface area contributed by atoms with Gasteiger partial charge in [-0.05, 0) is 42.9 Å². The van der Waals surface area contributed by atoms with Crippen molar-refractivity contribution in [3.63, 3.8) is 0 Å². The second kappa shape index (κ2) is 7.81. The summed E-state index contributed by atoms with van der Waals surface area (Å²) in [5.74, 6) is 1.73. The van der Waals surface area contributed by atoms with E-state index >= 15 is 0 Å². The number of benzene rings is 2. The molecule has 2 N–H and O–H groups in total. The van der Waals surface area contributed by atoms with Crippen molar-refractivity contribution in [2.75, 3.05) is 12.4 Å². The molecular formula is C19H20N4OS. The lowest BCUT2D eigenvalue weighted by Crippen LogP contribution is -2.28. The number of methoxy groups -OCH3 is 1. The average molecular weight is 352 g/mol. The fourth-order valence-corrected chi connectivity index (χ4v) is 2.77. The van der Waals surface area contributed by atoms with Gasteiger partial charge < -0.3 is 19.9 Å². The van der Waals surface area contributed by atoms with Crippen LogP contribution >= 0.6 is 12.2 Å². The number of hydrogen-bond donors (Lipinski definition) is 2. The highest BCUT2D eigenvalue weighted by molar-refractivity contribution is 7.80. The van der Waals surface area contributed by atoms with Gasteiger partial charge in [0.2, 0.25) is 0 Å². The molecule has 0 fully saturated rings. The Kier molecular flexibility index (Phi) is 5.30. The van der Waals surface area contributed by atoms with Crippen LogP contribution in [-0.4, -0.2) is 21.8 Å². The van der Waals surface area contributed by atoms with E-state index in [9.17, 15) is 0 Å². The van der Waals surface area contributed by atoms with E-state index in [0.717, 1.165) is 28.5 Å². The molecule has 0 atom stereocenters. The third kappa shape index (κ3) is 4.16. The first-order chi connectivity index (χ1) is 12.2. The van der Waals surface area contributed by atoms with Crippen LogP contribution in [0.1, 0.15) is 11.4 Å². The minimum Gasteiger partial charge on any atom is -0.497 e. The van der Waals surface area contributed by atoms with Crippen molar-refractivity contribution in [1.29, 1.82) is 0 Å². The second-order valence-electron chi connectivity index (χ2n) is 5.51. The van der Waals surface area contributed by atoms with Crippen LogP contribution in [0.3, 0.4) is 0 Å². The Hall–Kier alpha value is -2.86. The van der Waals surface area contributed by atoms with E-state index in [1.807, 2.05) is 49.5 Å². The zero-order valence-corrected chi connectivity index (χ0v) is 15.0. The maximum absolute atomic E-state index is 5.40. The lowest BCUT2D eigenvalue weighted by atomic mass is 10.1. The molecule has 0 saturated heterocycles. The Bertz CT molecular complexity index is 875. The molecule has 0 aliphatic heterocycles. The highest BCUT2D eigenvalue weighted by Gasteiger charge is 2.07. The first-order valence-electron chi connectivity index (χ1n) is 7.94. The molecule has 0 spiro atoms. The SMILES string of the molecule is COc1cccc(NC(=S)NCc2ccccc2-n2ccnc2C)c1. The van der Waals surface area contributed by atoms with Crippen LogP contribution in [0.2, 0.25) is 0 Å². The molecule has 3 rings (SSSR count). The Morgan fingerprint density at radius 1 is 1.20 bits per heavy atom. The molecule has 1 heterocycles. The molecule has 128 valence electrons. The van der Waals surface area contributed by atoms with Crippen molar-refractivity contribution in [2.45, 2.75) is 13.5 Å². The first-order valence-corrected chi connectivity index (χ1v) is 8.35. The zero-order chi connectivity index (χ0) is 17.6. The van der Waals surface area contributed by atoms with Crippen LogP contribution in [-0.2, 0) is 6.54 Å². The normalized spacial score (nSPS) is 10.3. The van der Waals surface area contributed by atoms with Crippen molar-refractivity contribution in [3.8, 4) is 11.4 Å². The van der Waals surface area contributed by atoms with Crippen molar-refractivity contribution in [1.82, 2.24) is 14.9 Å². The van der Waals surface area contributed by atoms with E-state index in [0.29, 0.717) is 11.7 Å². The first kappa shape index (κ1) is 17.0. The topological polar surface area (TPSA) is 51.1 Å². The number of anilines is 1. The lowest BCUT2D eigenvalue weighted by molar-refractivity contribution is 0.415. The summed E-state index contributed by atoms with van der Waals surface area (Å²) >= 11 is 5.40. The van der Waals surface area contributed by atoms with Gasteiger partial charge in [0.25, 0.3) is 0 Å². The summed E-state index contributed by atoms with van der Waals surface area (Å²) in [7, 11) is 1.64. The largest absolute Gasteiger partial charge is 0.497 e. The van der Waals surface area contributed by atoms with Gasteiger partial charge in [0, 0.05) is 30.7 Å². The van der Waals surface area contributed by atoms with Crippen LogP contribution < -0.4 is 15.4 Å². The van der Waals surface area contributed by atoms with Crippen LogP contribution in [0.25, 0.3) is 5.69 Å².